The summed E-state index contributed by atoms with van der Waals surface area (Å²) in [4.78, 5) is 18.6. The Bertz CT molecular complexity index is 482. The highest BCUT2D eigenvalue weighted by atomic mass is 32.1. The minimum absolute atomic E-state index is 0.709. The molecule has 5 heteroatoms. The third kappa shape index (κ3) is 3.56. The van der Waals surface area contributed by atoms with E-state index >= 15 is 0 Å². The van der Waals surface area contributed by atoms with E-state index in [0.717, 1.165) is 35.2 Å². The number of carboxylic acids is 1. The first kappa shape index (κ1) is 14.1. The molecule has 0 aromatic carbocycles. The van der Waals surface area contributed by atoms with E-state index in [4.69, 9.17) is 5.11 Å². The van der Waals surface area contributed by atoms with Crippen molar-refractivity contribution in [3.63, 3.8) is 0 Å². The van der Waals surface area contributed by atoms with Crippen molar-refractivity contribution in [1.29, 1.82) is 0 Å². The zero-order valence-corrected chi connectivity index (χ0v) is 12.2. The Morgan fingerprint density at radius 1 is 1.63 bits per heavy atom. The number of piperidine rings is 1. The number of aryl methyl sites for hydroxylation is 1. The second kappa shape index (κ2) is 6.19. The third-order valence-electron chi connectivity index (χ3n) is 3.36. The highest BCUT2D eigenvalue weighted by molar-refractivity contribution is 7.16. The Labute approximate surface area is 117 Å². The van der Waals surface area contributed by atoms with Gasteiger partial charge in [-0.1, -0.05) is 25.2 Å². The predicted molar refractivity (Wildman–Crippen MR) is 78.8 cm³/mol. The molecule has 0 radical (unpaired) electrons. The van der Waals surface area contributed by atoms with Gasteiger partial charge in [-0.25, -0.2) is 9.78 Å². The van der Waals surface area contributed by atoms with Crippen LogP contribution in [0.3, 0.4) is 0 Å². The van der Waals surface area contributed by atoms with Gasteiger partial charge >= 0.3 is 5.97 Å². The molecule has 0 amide bonds. The van der Waals surface area contributed by atoms with Crippen LogP contribution in [0.2, 0.25) is 0 Å². The van der Waals surface area contributed by atoms with Gasteiger partial charge in [0.15, 0.2) is 5.13 Å². The van der Waals surface area contributed by atoms with Crippen LogP contribution < -0.4 is 4.90 Å². The molecule has 0 saturated carbocycles. The lowest BCUT2D eigenvalue weighted by atomic mass is 10.0. The average Bonchev–Trinajstić information content (AvgIpc) is 2.79. The van der Waals surface area contributed by atoms with Crippen LogP contribution in [0.25, 0.3) is 6.08 Å². The summed E-state index contributed by atoms with van der Waals surface area (Å²) < 4.78 is 0. The van der Waals surface area contributed by atoms with Crippen LogP contribution in [-0.4, -0.2) is 29.1 Å². The van der Waals surface area contributed by atoms with Crippen LogP contribution in [0.4, 0.5) is 5.13 Å². The maximum atomic E-state index is 10.6. The van der Waals surface area contributed by atoms with Crippen molar-refractivity contribution >= 4 is 28.5 Å². The van der Waals surface area contributed by atoms with E-state index in [1.165, 1.54) is 18.9 Å². The van der Waals surface area contributed by atoms with Gasteiger partial charge in [-0.3, -0.25) is 0 Å². The minimum atomic E-state index is -0.913. The molecule has 0 aliphatic carbocycles. The van der Waals surface area contributed by atoms with Crippen molar-refractivity contribution in [2.75, 3.05) is 18.0 Å². The molecule has 0 bridgehead atoms. The normalized spacial score (nSPS) is 20.1. The first-order chi connectivity index (χ1) is 9.10. The lowest BCUT2D eigenvalue weighted by molar-refractivity contribution is -0.131. The van der Waals surface area contributed by atoms with Crippen LogP contribution >= 0.6 is 11.3 Å². The van der Waals surface area contributed by atoms with Crippen LogP contribution in [0.15, 0.2) is 6.08 Å². The second-order valence-electron chi connectivity index (χ2n) is 5.03. The van der Waals surface area contributed by atoms with Gasteiger partial charge in [-0.15, -0.1) is 0 Å². The molecule has 1 N–H and O–H groups in total. The highest BCUT2D eigenvalue weighted by Crippen LogP contribution is 2.30. The largest absolute Gasteiger partial charge is 0.478 e. The van der Waals surface area contributed by atoms with Gasteiger partial charge in [-0.05, 0) is 31.3 Å². The molecule has 2 rings (SSSR count). The summed E-state index contributed by atoms with van der Waals surface area (Å²) in [6.07, 6.45) is 6.18. The fraction of sp³-hybridized carbons (Fsp3) is 0.571. The summed E-state index contributed by atoms with van der Waals surface area (Å²) in [6, 6.07) is 0. The topological polar surface area (TPSA) is 53.4 Å². The Morgan fingerprint density at radius 3 is 3.05 bits per heavy atom. The molecule has 1 aromatic heterocycles. The van der Waals surface area contributed by atoms with Gasteiger partial charge in [0.25, 0.3) is 0 Å². The molecule has 0 spiro atoms. The smallest absolute Gasteiger partial charge is 0.328 e. The van der Waals surface area contributed by atoms with Crippen molar-refractivity contribution in [2.45, 2.75) is 33.1 Å². The van der Waals surface area contributed by atoms with Crippen LogP contribution in [0, 0.1) is 5.92 Å². The molecule has 1 saturated heterocycles. The number of anilines is 1. The SMILES string of the molecule is CCc1nc(N2CCCC(C)C2)sc1/C=C/C(=O)O. The van der Waals surface area contributed by atoms with Crippen LogP contribution in [-0.2, 0) is 11.2 Å². The quantitative estimate of drug-likeness (QED) is 0.861. The Kier molecular flexibility index (Phi) is 4.58. The van der Waals surface area contributed by atoms with Gasteiger partial charge in [-0.2, -0.15) is 0 Å². The van der Waals surface area contributed by atoms with Gasteiger partial charge in [0, 0.05) is 19.2 Å². The standard InChI is InChI=1S/C14H20N2O2S/c1-3-11-12(6-7-13(17)18)19-14(15-11)16-8-4-5-10(2)9-16/h6-7,10H,3-5,8-9H2,1-2H3,(H,17,18)/b7-6+. The fourth-order valence-corrected chi connectivity index (χ4v) is 3.47. The summed E-state index contributed by atoms with van der Waals surface area (Å²) in [6.45, 7) is 6.43. The maximum absolute atomic E-state index is 10.6. The third-order valence-corrected chi connectivity index (χ3v) is 4.48. The molecule has 2 heterocycles. The molecule has 1 aliphatic rings. The first-order valence-corrected chi connectivity index (χ1v) is 7.57. The number of aliphatic carboxylic acids is 1. The molecular formula is C14H20N2O2S. The van der Waals surface area contributed by atoms with Gasteiger partial charge in [0.05, 0.1) is 10.6 Å². The van der Waals surface area contributed by atoms with Crippen molar-refractivity contribution in [2.24, 2.45) is 5.92 Å². The van der Waals surface area contributed by atoms with Gasteiger partial charge in [0.2, 0.25) is 0 Å². The number of nitrogens with zero attached hydrogens (tertiary/aromatic N) is 2. The average molecular weight is 280 g/mol. The Hall–Kier alpha value is -1.36. The minimum Gasteiger partial charge on any atom is -0.478 e. The lowest BCUT2D eigenvalue weighted by Gasteiger charge is -2.30. The molecule has 1 aliphatic heterocycles. The number of rotatable bonds is 4. The molecular weight excluding hydrogens is 260 g/mol. The predicted octanol–water partition coefficient (Wildman–Crippen LogP) is 3.04. The second-order valence-corrected chi connectivity index (χ2v) is 6.04. The van der Waals surface area contributed by atoms with E-state index in [2.05, 4.69) is 23.7 Å². The number of carbonyl (C=O) groups is 1. The summed E-state index contributed by atoms with van der Waals surface area (Å²) in [5.74, 6) is -0.204. The molecule has 1 aromatic rings. The van der Waals surface area contributed by atoms with E-state index in [-0.39, 0.29) is 0 Å². The monoisotopic (exact) mass is 280 g/mol. The van der Waals surface area contributed by atoms with Crippen LogP contribution in [0.5, 0.6) is 0 Å². The lowest BCUT2D eigenvalue weighted by Crippen LogP contribution is -2.34. The Morgan fingerprint density at radius 2 is 2.42 bits per heavy atom. The number of aromatic nitrogens is 1. The summed E-state index contributed by atoms with van der Waals surface area (Å²) in [5.41, 5.74) is 0.996. The van der Waals surface area contributed by atoms with Gasteiger partial charge in [0.1, 0.15) is 0 Å². The highest BCUT2D eigenvalue weighted by Gasteiger charge is 2.20. The van der Waals surface area contributed by atoms with E-state index < -0.39 is 5.97 Å². The molecule has 1 unspecified atom stereocenters. The van der Waals surface area contributed by atoms with Crippen molar-refractivity contribution < 1.29 is 9.90 Å². The van der Waals surface area contributed by atoms with Crippen molar-refractivity contribution in [3.8, 4) is 0 Å². The maximum Gasteiger partial charge on any atom is 0.328 e. The Balaban J connectivity index is 2.20. The van der Waals surface area contributed by atoms with E-state index in [0.29, 0.717) is 5.92 Å². The van der Waals surface area contributed by atoms with Gasteiger partial charge < -0.3 is 10.0 Å². The van der Waals surface area contributed by atoms with E-state index in [1.54, 1.807) is 17.4 Å². The molecule has 104 valence electrons. The fourth-order valence-electron chi connectivity index (χ4n) is 2.38. The summed E-state index contributed by atoms with van der Waals surface area (Å²) in [7, 11) is 0. The number of thiazole rings is 1. The molecule has 1 atom stereocenters. The van der Waals surface area contributed by atoms with Crippen LogP contribution in [0.1, 0.15) is 37.3 Å². The van der Waals surface area contributed by atoms with Crippen molar-refractivity contribution in [1.82, 2.24) is 4.98 Å². The molecule has 19 heavy (non-hydrogen) atoms. The molecule has 1 fully saturated rings. The molecule has 4 nitrogen and oxygen atoms in total. The number of hydrogen-bond acceptors (Lipinski definition) is 4. The zero-order valence-electron chi connectivity index (χ0n) is 11.4. The zero-order chi connectivity index (χ0) is 13.8. The summed E-state index contributed by atoms with van der Waals surface area (Å²) >= 11 is 1.60. The van der Waals surface area contributed by atoms with Crippen molar-refractivity contribution in [3.05, 3.63) is 16.6 Å². The summed E-state index contributed by atoms with van der Waals surface area (Å²) in [5, 5.41) is 9.75. The van der Waals surface area contributed by atoms with E-state index in [1.807, 2.05) is 0 Å². The van der Waals surface area contributed by atoms with E-state index in [9.17, 15) is 4.79 Å². The number of carboxylic acid groups (broad SMARTS) is 1. The number of hydrogen-bond donors (Lipinski definition) is 1. The first-order valence-electron chi connectivity index (χ1n) is 6.75.